The first-order valence-electron chi connectivity index (χ1n) is 8.18. The lowest BCUT2D eigenvalue weighted by molar-refractivity contribution is 0.0324. The molecule has 2 fully saturated rings. The molecule has 2 aliphatic heterocycles. The minimum Gasteiger partial charge on any atom is -0.449 e. The first kappa shape index (κ1) is 15.8. The molecule has 0 unspecified atom stereocenters. The zero-order chi connectivity index (χ0) is 16.6. The number of ether oxygens (including phenoxy) is 1. The number of rotatable bonds is 1. The maximum atomic E-state index is 12.8. The number of carbonyl (C=O) groups is 2. The molecular formula is C18H24N2O3. The van der Waals surface area contributed by atoms with Crippen LogP contribution < -0.4 is 5.32 Å². The summed E-state index contributed by atoms with van der Waals surface area (Å²) >= 11 is 0. The molecule has 2 aliphatic rings. The van der Waals surface area contributed by atoms with Gasteiger partial charge in [-0.25, -0.2) is 4.79 Å². The monoisotopic (exact) mass is 316 g/mol. The highest BCUT2D eigenvalue weighted by atomic mass is 16.6. The summed E-state index contributed by atoms with van der Waals surface area (Å²) in [7, 11) is 0. The average molecular weight is 316 g/mol. The van der Waals surface area contributed by atoms with Crippen molar-refractivity contribution < 1.29 is 14.3 Å². The Hall–Kier alpha value is -2.04. The van der Waals surface area contributed by atoms with Crippen molar-refractivity contribution in [1.29, 1.82) is 0 Å². The van der Waals surface area contributed by atoms with Crippen LogP contribution in [0.15, 0.2) is 24.3 Å². The van der Waals surface area contributed by atoms with Crippen molar-refractivity contribution in [1.82, 2.24) is 10.2 Å². The van der Waals surface area contributed by atoms with Crippen LogP contribution >= 0.6 is 0 Å². The molecule has 1 aromatic rings. The predicted octanol–water partition coefficient (Wildman–Crippen LogP) is 2.55. The van der Waals surface area contributed by atoms with Gasteiger partial charge in [0.1, 0.15) is 0 Å². The number of alkyl carbamates (subject to hydrolysis) is 1. The lowest BCUT2D eigenvalue weighted by Crippen LogP contribution is -2.57. The van der Waals surface area contributed by atoms with E-state index in [9.17, 15) is 9.59 Å². The standard InChI is InChI=1S/C18H24N2O3/c1-18(2,3)14-6-4-5-12(9-14)16(21)20-8-7-15-13(10-20)11-23-17(22)19-15/h4-6,9,13,15H,7-8,10-11H2,1-3H3,(H,19,22)/t13-,15+/m1/s1. The Morgan fingerprint density at radius 1 is 1.35 bits per heavy atom. The summed E-state index contributed by atoms with van der Waals surface area (Å²) < 4.78 is 5.06. The summed E-state index contributed by atoms with van der Waals surface area (Å²) in [5, 5.41) is 2.85. The molecule has 2 saturated heterocycles. The zero-order valence-electron chi connectivity index (χ0n) is 14.0. The number of fused-ring (bicyclic) bond motifs is 1. The number of hydrogen-bond donors (Lipinski definition) is 1. The fourth-order valence-corrected chi connectivity index (χ4v) is 3.25. The lowest BCUT2D eigenvalue weighted by Gasteiger charge is -2.40. The fourth-order valence-electron chi connectivity index (χ4n) is 3.25. The van der Waals surface area contributed by atoms with Gasteiger partial charge < -0.3 is 15.0 Å². The summed E-state index contributed by atoms with van der Waals surface area (Å²) in [5.74, 6) is 0.239. The molecule has 0 bridgehead atoms. The number of likely N-dealkylation sites (tertiary alicyclic amines) is 1. The summed E-state index contributed by atoms with van der Waals surface area (Å²) in [6, 6.07) is 8.01. The van der Waals surface area contributed by atoms with Gasteiger partial charge in [-0.2, -0.15) is 0 Å². The van der Waals surface area contributed by atoms with Gasteiger partial charge >= 0.3 is 6.09 Å². The molecule has 5 heteroatoms. The molecule has 3 rings (SSSR count). The Kier molecular flexibility index (Phi) is 4.04. The normalized spacial score (nSPS) is 24.5. The number of cyclic esters (lactones) is 1. The Labute approximate surface area is 137 Å². The second-order valence-corrected chi connectivity index (χ2v) is 7.48. The first-order chi connectivity index (χ1) is 10.8. The third-order valence-electron chi connectivity index (χ3n) is 4.73. The van der Waals surface area contributed by atoms with Crippen LogP contribution in [-0.2, 0) is 10.2 Å². The van der Waals surface area contributed by atoms with Crippen molar-refractivity contribution >= 4 is 12.0 Å². The van der Waals surface area contributed by atoms with Crippen LogP contribution in [0.2, 0.25) is 0 Å². The number of nitrogens with zero attached hydrogens (tertiary/aromatic N) is 1. The van der Waals surface area contributed by atoms with Crippen molar-refractivity contribution in [3.63, 3.8) is 0 Å². The Morgan fingerprint density at radius 2 is 2.13 bits per heavy atom. The van der Waals surface area contributed by atoms with E-state index in [0.29, 0.717) is 19.7 Å². The summed E-state index contributed by atoms with van der Waals surface area (Å²) in [6.07, 6.45) is 0.439. The topological polar surface area (TPSA) is 58.6 Å². The van der Waals surface area contributed by atoms with Gasteiger partial charge in [-0.05, 0) is 29.5 Å². The van der Waals surface area contributed by atoms with Gasteiger partial charge in [0.15, 0.2) is 0 Å². The molecule has 2 atom stereocenters. The molecule has 1 N–H and O–H groups in total. The zero-order valence-corrected chi connectivity index (χ0v) is 14.0. The van der Waals surface area contributed by atoms with E-state index in [0.717, 1.165) is 17.5 Å². The molecule has 2 heterocycles. The van der Waals surface area contributed by atoms with E-state index in [1.54, 1.807) is 0 Å². The summed E-state index contributed by atoms with van der Waals surface area (Å²) in [4.78, 5) is 26.0. The highest BCUT2D eigenvalue weighted by Gasteiger charge is 2.36. The number of benzene rings is 1. The van der Waals surface area contributed by atoms with Crippen molar-refractivity contribution in [2.75, 3.05) is 19.7 Å². The Bertz CT molecular complexity index is 621. The van der Waals surface area contributed by atoms with Gasteiger partial charge in [-0.3, -0.25) is 4.79 Å². The quantitative estimate of drug-likeness (QED) is 0.866. The minimum atomic E-state index is -0.344. The average Bonchev–Trinajstić information content (AvgIpc) is 2.53. The van der Waals surface area contributed by atoms with Crippen LogP contribution in [0.4, 0.5) is 4.79 Å². The summed E-state index contributed by atoms with van der Waals surface area (Å²) in [6.45, 7) is 8.12. The van der Waals surface area contributed by atoms with Crippen molar-refractivity contribution in [3.05, 3.63) is 35.4 Å². The second-order valence-electron chi connectivity index (χ2n) is 7.48. The molecule has 0 saturated carbocycles. The first-order valence-corrected chi connectivity index (χ1v) is 8.18. The smallest absolute Gasteiger partial charge is 0.407 e. The van der Waals surface area contributed by atoms with Gasteiger partial charge in [0.25, 0.3) is 5.91 Å². The molecule has 2 amide bonds. The third kappa shape index (κ3) is 3.33. The van der Waals surface area contributed by atoms with E-state index in [1.807, 2.05) is 23.1 Å². The highest BCUT2D eigenvalue weighted by molar-refractivity contribution is 5.94. The van der Waals surface area contributed by atoms with Gasteiger partial charge in [-0.1, -0.05) is 32.9 Å². The van der Waals surface area contributed by atoms with Crippen LogP contribution in [0.25, 0.3) is 0 Å². The van der Waals surface area contributed by atoms with Gasteiger partial charge in [0, 0.05) is 30.6 Å². The number of hydrogen-bond acceptors (Lipinski definition) is 3. The third-order valence-corrected chi connectivity index (χ3v) is 4.73. The fraction of sp³-hybridized carbons (Fsp3) is 0.556. The highest BCUT2D eigenvalue weighted by Crippen LogP contribution is 2.25. The van der Waals surface area contributed by atoms with E-state index in [-0.39, 0.29) is 29.4 Å². The Morgan fingerprint density at radius 3 is 2.87 bits per heavy atom. The van der Waals surface area contributed by atoms with Crippen molar-refractivity contribution in [3.8, 4) is 0 Å². The lowest BCUT2D eigenvalue weighted by atomic mass is 9.86. The molecule has 0 aromatic heterocycles. The van der Waals surface area contributed by atoms with Gasteiger partial charge in [0.2, 0.25) is 0 Å². The molecule has 0 aliphatic carbocycles. The molecule has 1 aromatic carbocycles. The van der Waals surface area contributed by atoms with Crippen LogP contribution in [0.1, 0.15) is 43.1 Å². The molecule has 0 radical (unpaired) electrons. The van der Waals surface area contributed by atoms with Crippen LogP contribution in [0, 0.1) is 5.92 Å². The maximum absolute atomic E-state index is 12.8. The second kappa shape index (κ2) is 5.87. The van der Waals surface area contributed by atoms with Crippen LogP contribution in [0.5, 0.6) is 0 Å². The Balaban J connectivity index is 1.73. The number of carbonyl (C=O) groups excluding carboxylic acids is 2. The van der Waals surface area contributed by atoms with E-state index in [1.165, 1.54) is 0 Å². The number of piperidine rings is 1. The minimum absolute atomic E-state index is 0.0186. The maximum Gasteiger partial charge on any atom is 0.407 e. The van der Waals surface area contributed by atoms with E-state index >= 15 is 0 Å². The van der Waals surface area contributed by atoms with E-state index in [4.69, 9.17) is 4.74 Å². The van der Waals surface area contributed by atoms with Crippen LogP contribution in [-0.4, -0.2) is 42.6 Å². The van der Waals surface area contributed by atoms with Crippen LogP contribution in [0.3, 0.4) is 0 Å². The van der Waals surface area contributed by atoms with E-state index < -0.39 is 0 Å². The largest absolute Gasteiger partial charge is 0.449 e. The molecule has 124 valence electrons. The van der Waals surface area contributed by atoms with Gasteiger partial charge in [-0.15, -0.1) is 0 Å². The molecule has 5 nitrogen and oxygen atoms in total. The number of amides is 2. The van der Waals surface area contributed by atoms with Crippen molar-refractivity contribution in [2.24, 2.45) is 5.92 Å². The van der Waals surface area contributed by atoms with E-state index in [2.05, 4.69) is 32.2 Å². The number of nitrogens with one attached hydrogen (secondary N) is 1. The summed E-state index contributed by atoms with van der Waals surface area (Å²) in [5.41, 5.74) is 1.91. The van der Waals surface area contributed by atoms with Gasteiger partial charge in [0.05, 0.1) is 6.61 Å². The SMILES string of the molecule is CC(C)(C)c1cccc(C(=O)N2CC[C@@H]3NC(=O)OC[C@H]3C2)c1. The van der Waals surface area contributed by atoms with Crippen molar-refractivity contribution in [2.45, 2.75) is 38.6 Å². The predicted molar refractivity (Wildman–Crippen MR) is 87.4 cm³/mol. The molecular weight excluding hydrogens is 292 g/mol. The molecule has 23 heavy (non-hydrogen) atoms. The molecule has 0 spiro atoms.